The molecule has 1 aliphatic rings. The molecule has 78 valence electrons. The van der Waals surface area contributed by atoms with Crippen molar-refractivity contribution in [1.82, 2.24) is 10.6 Å². The zero-order valence-corrected chi connectivity index (χ0v) is 8.97. The van der Waals surface area contributed by atoms with Crippen molar-refractivity contribution in [2.75, 3.05) is 0 Å². The number of halogens is 2. The molecule has 0 spiro atoms. The summed E-state index contributed by atoms with van der Waals surface area (Å²) in [4.78, 5) is 22.1. The molecule has 2 N–H and O–H groups in total. The molecular formula is C9H6BrFN2O2. The summed E-state index contributed by atoms with van der Waals surface area (Å²) in [6.45, 7) is 0. The zero-order chi connectivity index (χ0) is 11.0. The second-order valence-electron chi connectivity index (χ2n) is 3.07. The summed E-state index contributed by atoms with van der Waals surface area (Å²) in [5.74, 6) is -0.845. The highest BCUT2D eigenvalue weighted by Crippen LogP contribution is 2.22. The lowest BCUT2D eigenvalue weighted by Crippen LogP contribution is -2.22. The van der Waals surface area contributed by atoms with Gasteiger partial charge in [-0.3, -0.25) is 10.1 Å². The molecule has 15 heavy (non-hydrogen) atoms. The highest BCUT2D eigenvalue weighted by molar-refractivity contribution is 9.10. The van der Waals surface area contributed by atoms with E-state index >= 15 is 0 Å². The number of carbonyl (C=O) groups is 2. The lowest BCUT2D eigenvalue weighted by Gasteiger charge is -2.07. The lowest BCUT2D eigenvalue weighted by molar-refractivity contribution is -0.120. The van der Waals surface area contributed by atoms with Crippen LogP contribution in [0.4, 0.5) is 9.18 Å². The fourth-order valence-corrected chi connectivity index (χ4v) is 1.74. The van der Waals surface area contributed by atoms with Crippen molar-refractivity contribution in [2.45, 2.75) is 6.04 Å². The minimum absolute atomic E-state index is 0.258. The smallest absolute Gasteiger partial charge is 0.322 e. The van der Waals surface area contributed by atoms with Crippen molar-refractivity contribution in [2.24, 2.45) is 0 Å². The number of urea groups is 1. The molecule has 0 bridgehead atoms. The highest BCUT2D eigenvalue weighted by Gasteiger charge is 2.30. The molecule has 1 aromatic carbocycles. The summed E-state index contributed by atoms with van der Waals surface area (Å²) in [7, 11) is 0. The van der Waals surface area contributed by atoms with Crippen LogP contribution >= 0.6 is 15.9 Å². The summed E-state index contributed by atoms with van der Waals surface area (Å²) in [6, 6.07) is 2.87. The summed E-state index contributed by atoms with van der Waals surface area (Å²) < 4.78 is 13.2. The Bertz CT molecular complexity index is 450. The van der Waals surface area contributed by atoms with Crippen LogP contribution in [0.25, 0.3) is 0 Å². The summed E-state index contributed by atoms with van der Waals surface area (Å²) in [6.07, 6.45) is 0. The Kier molecular flexibility index (Phi) is 2.44. The van der Waals surface area contributed by atoms with Crippen molar-refractivity contribution in [1.29, 1.82) is 0 Å². The summed E-state index contributed by atoms with van der Waals surface area (Å²) in [5, 5.41) is 4.53. The van der Waals surface area contributed by atoms with Gasteiger partial charge in [0.1, 0.15) is 11.9 Å². The van der Waals surface area contributed by atoms with Crippen LogP contribution in [-0.4, -0.2) is 11.9 Å². The fraction of sp³-hybridized carbons (Fsp3) is 0.111. The average molecular weight is 273 g/mol. The molecule has 0 aromatic heterocycles. The maximum Gasteiger partial charge on any atom is 0.322 e. The summed E-state index contributed by atoms with van der Waals surface area (Å²) in [5.41, 5.74) is 0.534. The number of imide groups is 1. The van der Waals surface area contributed by atoms with E-state index in [-0.39, 0.29) is 4.47 Å². The molecule has 3 amide bonds. The standard InChI is InChI=1S/C9H6BrFN2O2/c10-5-3-4(1-2-6(5)11)7-8(14)13-9(15)12-7/h1-3,7H,(H2,12,13,14,15)/t7-/m0/s1. The normalized spacial score (nSPS) is 20.0. The minimum atomic E-state index is -0.741. The molecular weight excluding hydrogens is 267 g/mol. The van der Waals surface area contributed by atoms with Crippen LogP contribution in [0.5, 0.6) is 0 Å². The van der Waals surface area contributed by atoms with Crippen LogP contribution in [0.3, 0.4) is 0 Å². The van der Waals surface area contributed by atoms with E-state index in [1.807, 2.05) is 0 Å². The van der Waals surface area contributed by atoms with E-state index in [2.05, 4.69) is 26.6 Å². The Labute approximate surface area is 93.0 Å². The van der Waals surface area contributed by atoms with Gasteiger partial charge in [0.2, 0.25) is 0 Å². The van der Waals surface area contributed by atoms with Gasteiger partial charge in [0.15, 0.2) is 0 Å². The van der Waals surface area contributed by atoms with Gasteiger partial charge in [0, 0.05) is 0 Å². The molecule has 0 unspecified atom stereocenters. The third-order valence-corrected chi connectivity index (χ3v) is 2.66. The Morgan fingerprint density at radius 2 is 2.07 bits per heavy atom. The van der Waals surface area contributed by atoms with Gasteiger partial charge in [-0.1, -0.05) is 6.07 Å². The van der Waals surface area contributed by atoms with Gasteiger partial charge in [-0.25, -0.2) is 9.18 Å². The van der Waals surface area contributed by atoms with Gasteiger partial charge in [0.05, 0.1) is 4.47 Å². The number of nitrogens with one attached hydrogen (secondary N) is 2. The van der Waals surface area contributed by atoms with Crippen molar-refractivity contribution in [3.05, 3.63) is 34.1 Å². The number of hydrogen-bond acceptors (Lipinski definition) is 2. The fourth-order valence-electron chi connectivity index (χ4n) is 1.34. The van der Waals surface area contributed by atoms with Gasteiger partial charge >= 0.3 is 6.03 Å². The van der Waals surface area contributed by atoms with Crippen LogP contribution in [0.1, 0.15) is 11.6 Å². The topological polar surface area (TPSA) is 58.2 Å². The Hall–Kier alpha value is -1.43. The number of hydrogen-bond donors (Lipinski definition) is 2. The second kappa shape index (κ2) is 3.62. The first-order valence-corrected chi connectivity index (χ1v) is 4.93. The predicted molar refractivity (Wildman–Crippen MR) is 53.5 cm³/mol. The molecule has 0 radical (unpaired) electrons. The van der Waals surface area contributed by atoms with E-state index in [1.54, 1.807) is 0 Å². The Balaban J connectivity index is 2.34. The molecule has 1 aromatic rings. The van der Waals surface area contributed by atoms with Gasteiger partial charge in [-0.05, 0) is 33.6 Å². The van der Waals surface area contributed by atoms with Crippen LogP contribution in [0.2, 0.25) is 0 Å². The van der Waals surface area contributed by atoms with Crippen molar-refractivity contribution in [3.8, 4) is 0 Å². The third-order valence-electron chi connectivity index (χ3n) is 2.05. The molecule has 2 rings (SSSR count). The molecule has 1 aliphatic heterocycles. The van der Waals surface area contributed by atoms with Crippen molar-refractivity contribution < 1.29 is 14.0 Å². The average Bonchev–Trinajstić information content (AvgIpc) is 2.50. The number of carbonyl (C=O) groups excluding carboxylic acids is 2. The van der Waals surface area contributed by atoms with Gasteiger partial charge in [-0.15, -0.1) is 0 Å². The van der Waals surface area contributed by atoms with E-state index < -0.39 is 23.8 Å². The molecule has 1 fully saturated rings. The molecule has 1 heterocycles. The van der Waals surface area contributed by atoms with E-state index in [9.17, 15) is 14.0 Å². The minimum Gasteiger partial charge on any atom is -0.322 e. The Morgan fingerprint density at radius 3 is 2.60 bits per heavy atom. The molecule has 4 nitrogen and oxygen atoms in total. The van der Waals surface area contributed by atoms with Crippen LogP contribution in [-0.2, 0) is 4.79 Å². The van der Waals surface area contributed by atoms with E-state index in [0.717, 1.165) is 0 Å². The third kappa shape index (κ3) is 1.85. The predicted octanol–water partition coefficient (Wildman–Crippen LogP) is 1.47. The summed E-state index contributed by atoms with van der Waals surface area (Å²) >= 11 is 3.01. The van der Waals surface area contributed by atoms with Crippen LogP contribution in [0.15, 0.2) is 22.7 Å². The lowest BCUT2D eigenvalue weighted by atomic mass is 10.1. The molecule has 1 atom stereocenters. The first kappa shape index (κ1) is 10.1. The maximum atomic E-state index is 12.9. The number of benzene rings is 1. The van der Waals surface area contributed by atoms with E-state index in [0.29, 0.717) is 5.56 Å². The van der Waals surface area contributed by atoms with E-state index in [1.165, 1.54) is 18.2 Å². The highest BCUT2D eigenvalue weighted by atomic mass is 79.9. The second-order valence-corrected chi connectivity index (χ2v) is 3.92. The zero-order valence-electron chi connectivity index (χ0n) is 7.38. The van der Waals surface area contributed by atoms with Gasteiger partial charge in [0.25, 0.3) is 5.91 Å². The Morgan fingerprint density at radius 1 is 1.33 bits per heavy atom. The van der Waals surface area contributed by atoms with E-state index in [4.69, 9.17) is 0 Å². The van der Waals surface area contributed by atoms with Crippen LogP contribution < -0.4 is 10.6 Å². The molecule has 6 heteroatoms. The quantitative estimate of drug-likeness (QED) is 0.761. The van der Waals surface area contributed by atoms with Gasteiger partial charge < -0.3 is 5.32 Å². The van der Waals surface area contributed by atoms with Crippen LogP contribution in [0, 0.1) is 5.82 Å². The molecule has 1 saturated heterocycles. The number of amides is 3. The number of rotatable bonds is 1. The van der Waals surface area contributed by atoms with Gasteiger partial charge in [-0.2, -0.15) is 0 Å². The molecule has 0 aliphatic carbocycles. The largest absolute Gasteiger partial charge is 0.322 e. The van der Waals surface area contributed by atoms with Crippen molar-refractivity contribution in [3.63, 3.8) is 0 Å². The monoisotopic (exact) mass is 272 g/mol. The molecule has 0 saturated carbocycles. The maximum absolute atomic E-state index is 12.9. The first-order chi connectivity index (χ1) is 7.08. The first-order valence-electron chi connectivity index (χ1n) is 4.14. The SMILES string of the molecule is O=C1NC(=O)[C@H](c2ccc(F)c(Br)c2)N1. The van der Waals surface area contributed by atoms with Crippen molar-refractivity contribution >= 4 is 27.9 Å².